The van der Waals surface area contributed by atoms with E-state index in [2.05, 4.69) is 20.2 Å². The molecule has 19 heavy (non-hydrogen) atoms. The molecular formula is C12H22N4O2S. The fraction of sp³-hybridized carbons (Fsp3) is 0.750. The minimum absolute atomic E-state index is 0.292. The number of nitrogens with one attached hydrogen (secondary N) is 3. The predicted octanol–water partition coefficient (Wildman–Crippen LogP) is 0.906. The third kappa shape index (κ3) is 3.34. The van der Waals surface area contributed by atoms with Crippen LogP contribution in [0.2, 0.25) is 0 Å². The van der Waals surface area contributed by atoms with Crippen LogP contribution in [-0.2, 0) is 16.6 Å². The lowest BCUT2D eigenvalue weighted by molar-refractivity contribution is 0.519. The molecule has 108 valence electrons. The number of rotatable bonds is 6. The van der Waals surface area contributed by atoms with Crippen LogP contribution in [0.4, 0.5) is 0 Å². The lowest BCUT2D eigenvalue weighted by atomic mass is 10.1. The van der Waals surface area contributed by atoms with Crippen molar-refractivity contribution in [3.8, 4) is 0 Å². The van der Waals surface area contributed by atoms with E-state index in [0.717, 1.165) is 12.8 Å². The van der Waals surface area contributed by atoms with Crippen molar-refractivity contribution in [3.63, 3.8) is 0 Å². The molecule has 1 aliphatic carbocycles. The topological polar surface area (TPSA) is 86.9 Å². The van der Waals surface area contributed by atoms with Gasteiger partial charge in [-0.15, -0.1) is 0 Å². The Morgan fingerprint density at radius 2 is 2.05 bits per heavy atom. The highest BCUT2D eigenvalue weighted by molar-refractivity contribution is 7.89. The lowest BCUT2D eigenvalue weighted by Crippen LogP contribution is -2.29. The van der Waals surface area contributed by atoms with E-state index in [4.69, 9.17) is 0 Å². The molecule has 1 saturated carbocycles. The van der Waals surface area contributed by atoms with Crippen LogP contribution in [0.1, 0.15) is 37.1 Å². The largest absolute Gasteiger partial charge is 0.314 e. The van der Waals surface area contributed by atoms with Crippen LogP contribution in [0.3, 0.4) is 0 Å². The Hall–Kier alpha value is -0.920. The summed E-state index contributed by atoms with van der Waals surface area (Å²) in [5.74, 6) is 0.481. The Labute approximate surface area is 114 Å². The van der Waals surface area contributed by atoms with Crippen LogP contribution >= 0.6 is 0 Å². The van der Waals surface area contributed by atoms with Crippen molar-refractivity contribution in [2.24, 2.45) is 5.92 Å². The smallest absolute Gasteiger partial charge is 0.244 e. The van der Waals surface area contributed by atoms with E-state index < -0.39 is 10.0 Å². The first-order valence-corrected chi connectivity index (χ1v) is 8.21. The normalized spacial score (nSPS) is 17.2. The molecule has 0 aromatic carbocycles. The summed E-state index contributed by atoms with van der Waals surface area (Å²) in [7, 11) is -1.70. The maximum Gasteiger partial charge on any atom is 0.244 e. The van der Waals surface area contributed by atoms with E-state index >= 15 is 0 Å². The van der Waals surface area contributed by atoms with Crippen molar-refractivity contribution in [2.45, 2.75) is 44.0 Å². The zero-order valence-corrected chi connectivity index (χ0v) is 12.3. The number of hydrogen-bond donors (Lipinski definition) is 3. The minimum Gasteiger partial charge on any atom is -0.314 e. The first kappa shape index (κ1) is 14.5. The molecular weight excluding hydrogens is 264 g/mol. The fourth-order valence-corrected chi connectivity index (χ4v) is 4.10. The summed E-state index contributed by atoms with van der Waals surface area (Å²) < 4.78 is 27.5. The van der Waals surface area contributed by atoms with Crippen LogP contribution in [-0.4, -0.2) is 32.2 Å². The monoisotopic (exact) mass is 286 g/mol. The summed E-state index contributed by atoms with van der Waals surface area (Å²) in [6.07, 6.45) is 4.66. The van der Waals surface area contributed by atoms with Gasteiger partial charge in [0.25, 0.3) is 0 Å². The zero-order chi connectivity index (χ0) is 13.9. The Kier molecular flexibility index (Phi) is 4.59. The third-order valence-corrected chi connectivity index (χ3v) is 5.24. The van der Waals surface area contributed by atoms with Gasteiger partial charge in [-0.3, -0.25) is 5.10 Å². The van der Waals surface area contributed by atoms with E-state index in [9.17, 15) is 8.42 Å². The van der Waals surface area contributed by atoms with Crippen molar-refractivity contribution in [3.05, 3.63) is 11.4 Å². The van der Waals surface area contributed by atoms with Gasteiger partial charge in [-0.05, 0) is 32.7 Å². The Morgan fingerprint density at radius 1 is 1.37 bits per heavy atom. The summed E-state index contributed by atoms with van der Waals surface area (Å²) in [6.45, 7) is 2.70. The molecule has 0 saturated heterocycles. The van der Waals surface area contributed by atoms with Crippen LogP contribution in [0.5, 0.6) is 0 Å². The second-order valence-electron chi connectivity index (χ2n) is 5.16. The van der Waals surface area contributed by atoms with Gasteiger partial charge in [-0.2, -0.15) is 5.10 Å². The number of aromatic nitrogens is 2. The van der Waals surface area contributed by atoms with Crippen molar-refractivity contribution in [1.82, 2.24) is 20.2 Å². The highest BCUT2D eigenvalue weighted by atomic mass is 32.2. The van der Waals surface area contributed by atoms with Gasteiger partial charge in [0.15, 0.2) is 0 Å². The molecule has 3 N–H and O–H groups in total. The van der Waals surface area contributed by atoms with Crippen molar-refractivity contribution < 1.29 is 8.42 Å². The zero-order valence-electron chi connectivity index (χ0n) is 11.5. The van der Waals surface area contributed by atoms with E-state index in [1.54, 1.807) is 14.0 Å². The molecule has 6 nitrogen and oxygen atoms in total. The number of aromatic amines is 1. The first-order valence-electron chi connectivity index (χ1n) is 6.72. The van der Waals surface area contributed by atoms with Gasteiger partial charge in [-0.25, -0.2) is 13.1 Å². The number of sulfonamides is 1. The Morgan fingerprint density at radius 3 is 2.68 bits per heavy atom. The number of nitrogens with zero attached hydrogens (tertiary/aromatic N) is 1. The molecule has 2 rings (SSSR count). The molecule has 1 aromatic heterocycles. The second kappa shape index (κ2) is 6.02. The number of hydrogen-bond acceptors (Lipinski definition) is 4. The summed E-state index contributed by atoms with van der Waals surface area (Å²) >= 11 is 0. The van der Waals surface area contributed by atoms with Crippen molar-refractivity contribution >= 4 is 10.0 Å². The Bertz CT molecular complexity index is 518. The standard InChI is InChI=1S/C12H22N4O2S/c1-9-12(11(8-13-2)16-15-9)19(17,18)14-7-10-5-3-4-6-10/h10,13-14H,3-8H2,1-2H3,(H,15,16). The van der Waals surface area contributed by atoms with Gasteiger partial charge < -0.3 is 5.32 Å². The molecule has 1 heterocycles. The van der Waals surface area contributed by atoms with E-state index in [0.29, 0.717) is 35.3 Å². The van der Waals surface area contributed by atoms with E-state index in [-0.39, 0.29) is 0 Å². The minimum atomic E-state index is -3.47. The van der Waals surface area contributed by atoms with Gasteiger partial charge in [-0.1, -0.05) is 12.8 Å². The van der Waals surface area contributed by atoms with Crippen LogP contribution in [0, 0.1) is 12.8 Å². The molecule has 1 aromatic rings. The highest BCUT2D eigenvalue weighted by Gasteiger charge is 2.25. The third-order valence-electron chi connectivity index (χ3n) is 3.61. The molecule has 0 atom stereocenters. The predicted molar refractivity (Wildman–Crippen MR) is 73.2 cm³/mol. The first-order chi connectivity index (χ1) is 9.04. The summed E-state index contributed by atoms with van der Waals surface area (Å²) in [4.78, 5) is 0.292. The summed E-state index contributed by atoms with van der Waals surface area (Å²) in [5.41, 5.74) is 1.13. The molecule has 1 fully saturated rings. The van der Waals surface area contributed by atoms with Gasteiger partial charge in [0, 0.05) is 13.1 Å². The molecule has 0 bridgehead atoms. The van der Waals surface area contributed by atoms with Gasteiger partial charge >= 0.3 is 0 Å². The number of H-pyrrole nitrogens is 1. The average Bonchev–Trinajstić information content (AvgIpc) is 2.97. The average molecular weight is 286 g/mol. The summed E-state index contributed by atoms with van der Waals surface area (Å²) in [5, 5.41) is 9.72. The van der Waals surface area contributed by atoms with Gasteiger partial charge in [0.05, 0.1) is 11.4 Å². The Balaban J connectivity index is 2.11. The van der Waals surface area contributed by atoms with E-state index in [1.807, 2.05) is 0 Å². The van der Waals surface area contributed by atoms with Crippen LogP contribution in [0.25, 0.3) is 0 Å². The molecule has 0 unspecified atom stereocenters. The second-order valence-corrected chi connectivity index (χ2v) is 6.86. The lowest BCUT2D eigenvalue weighted by Gasteiger charge is -2.11. The van der Waals surface area contributed by atoms with Gasteiger partial charge in [0.2, 0.25) is 10.0 Å². The van der Waals surface area contributed by atoms with Crippen LogP contribution in [0.15, 0.2) is 4.90 Å². The SMILES string of the molecule is CNCc1n[nH]c(C)c1S(=O)(=O)NCC1CCCC1. The van der Waals surface area contributed by atoms with Crippen molar-refractivity contribution in [2.75, 3.05) is 13.6 Å². The molecule has 7 heteroatoms. The van der Waals surface area contributed by atoms with Gasteiger partial charge in [0.1, 0.15) is 4.90 Å². The maximum atomic E-state index is 12.4. The fourth-order valence-electron chi connectivity index (χ4n) is 2.63. The van der Waals surface area contributed by atoms with E-state index in [1.165, 1.54) is 12.8 Å². The highest BCUT2D eigenvalue weighted by Crippen LogP contribution is 2.25. The van der Waals surface area contributed by atoms with Crippen molar-refractivity contribution in [1.29, 1.82) is 0 Å². The number of aryl methyl sites for hydroxylation is 1. The molecule has 0 aliphatic heterocycles. The maximum absolute atomic E-state index is 12.4. The quantitative estimate of drug-likeness (QED) is 0.725. The van der Waals surface area contributed by atoms with Crippen LogP contribution < -0.4 is 10.0 Å². The molecule has 0 radical (unpaired) electrons. The molecule has 0 amide bonds. The molecule has 0 spiro atoms. The molecule has 1 aliphatic rings. The summed E-state index contributed by atoms with van der Waals surface area (Å²) in [6, 6.07) is 0.